The molecule has 0 aliphatic heterocycles. The molecule has 0 amide bonds. The molecule has 0 unspecified atom stereocenters. The van der Waals surface area contributed by atoms with Gasteiger partial charge in [0.15, 0.2) is 5.65 Å². The molecule has 0 saturated carbocycles. The van der Waals surface area contributed by atoms with Gasteiger partial charge in [-0.15, -0.1) is 10.2 Å². The van der Waals surface area contributed by atoms with E-state index in [1.54, 1.807) is 28.8 Å². The summed E-state index contributed by atoms with van der Waals surface area (Å²) in [5, 5.41) is 20.6. The molecule has 0 atom stereocenters. The Kier molecular flexibility index (Phi) is 1.92. The van der Waals surface area contributed by atoms with Crippen LogP contribution in [-0.2, 0) is 0 Å². The van der Waals surface area contributed by atoms with Crippen molar-refractivity contribution in [1.29, 1.82) is 5.26 Å². The molecule has 0 aliphatic rings. The highest BCUT2D eigenvalue weighted by Gasteiger charge is 2.12. The van der Waals surface area contributed by atoms with E-state index in [9.17, 15) is 0 Å². The van der Waals surface area contributed by atoms with Crippen LogP contribution in [0.15, 0.2) is 28.9 Å². The molecular weight excluding hydrogens is 218 g/mol. The van der Waals surface area contributed by atoms with E-state index in [2.05, 4.69) is 21.4 Å². The van der Waals surface area contributed by atoms with E-state index >= 15 is 0 Å². The van der Waals surface area contributed by atoms with Crippen molar-refractivity contribution in [2.45, 2.75) is 6.92 Å². The molecule has 0 saturated heterocycles. The zero-order valence-electron chi connectivity index (χ0n) is 8.95. The van der Waals surface area contributed by atoms with Crippen LogP contribution in [0, 0.1) is 18.3 Å². The van der Waals surface area contributed by atoms with Crippen LogP contribution in [0.2, 0.25) is 0 Å². The highest BCUT2D eigenvalue weighted by atomic mass is 16.5. The fraction of sp³-hybridized carbons (Fsp3) is 0.0909. The van der Waals surface area contributed by atoms with Crippen LogP contribution in [-0.4, -0.2) is 19.8 Å². The number of fused-ring (bicyclic) bond motifs is 1. The van der Waals surface area contributed by atoms with Gasteiger partial charge in [-0.25, -0.2) is 0 Å². The minimum atomic E-state index is 0.546. The second-order valence-corrected chi connectivity index (χ2v) is 3.61. The van der Waals surface area contributed by atoms with E-state index < -0.39 is 0 Å². The van der Waals surface area contributed by atoms with E-state index in [4.69, 9.17) is 9.78 Å². The van der Waals surface area contributed by atoms with Gasteiger partial charge in [-0.1, -0.05) is 5.16 Å². The van der Waals surface area contributed by atoms with Crippen molar-refractivity contribution in [3.63, 3.8) is 0 Å². The first-order valence-corrected chi connectivity index (χ1v) is 4.96. The molecule has 17 heavy (non-hydrogen) atoms. The molecule has 0 N–H and O–H groups in total. The van der Waals surface area contributed by atoms with Crippen LogP contribution in [0.5, 0.6) is 0 Å². The van der Waals surface area contributed by atoms with Crippen LogP contribution in [0.25, 0.3) is 17.2 Å². The summed E-state index contributed by atoms with van der Waals surface area (Å²) in [5.74, 6) is 1.13. The summed E-state index contributed by atoms with van der Waals surface area (Å²) in [6.45, 7) is 1.84. The average molecular weight is 225 g/mol. The standard InChI is InChI=1S/C11H7N5O/c1-7-4-9(17-15-7)11-14-13-10-5-8(6-12)2-3-16(10)11/h2-5H,1H3. The Hall–Kier alpha value is -2.68. The summed E-state index contributed by atoms with van der Waals surface area (Å²) in [6.07, 6.45) is 1.74. The van der Waals surface area contributed by atoms with E-state index in [1.807, 2.05) is 6.92 Å². The molecule has 0 radical (unpaired) electrons. The lowest BCUT2D eigenvalue weighted by Gasteiger charge is -1.95. The van der Waals surface area contributed by atoms with Gasteiger partial charge in [-0.2, -0.15) is 5.26 Å². The first kappa shape index (κ1) is 9.54. The second kappa shape index (κ2) is 3.42. The van der Waals surface area contributed by atoms with Gasteiger partial charge in [0.1, 0.15) is 0 Å². The topological polar surface area (TPSA) is 80.0 Å². The molecule has 0 aromatic carbocycles. The molecule has 0 spiro atoms. The fourth-order valence-electron chi connectivity index (χ4n) is 1.60. The molecule has 82 valence electrons. The van der Waals surface area contributed by atoms with Crippen molar-refractivity contribution in [3.05, 3.63) is 35.7 Å². The van der Waals surface area contributed by atoms with Gasteiger partial charge in [0, 0.05) is 18.3 Å². The van der Waals surface area contributed by atoms with Gasteiger partial charge in [0.05, 0.1) is 17.3 Å². The van der Waals surface area contributed by atoms with Gasteiger partial charge in [-0.05, 0) is 13.0 Å². The Morgan fingerprint density at radius 2 is 2.24 bits per heavy atom. The van der Waals surface area contributed by atoms with Crippen molar-refractivity contribution in [1.82, 2.24) is 19.8 Å². The SMILES string of the molecule is Cc1cc(-c2nnc3cc(C#N)ccn23)on1. The highest BCUT2D eigenvalue weighted by Crippen LogP contribution is 2.19. The minimum absolute atomic E-state index is 0.546. The summed E-state index contributed by atoms with van der Waals surface area (Å²) in [6, 6.07) is 7.21. The van der Waals surface area contributed by atoms with Gasteiger partial charge in [0.2, 0.25) is 11.6 Å². The molecule has 6 nitrogen and oxygen atoms in total. The number of aromatic nitrogens is 4. The number of nitriles is 1. The van der Waals surface area contributed by atoms with Crippen LogP contribution >= 0.6 is 0 Å². The van der Waals surface area contributed by atoms with Crippen molar-refractivity contribution in [2.24, 2.45) is 0 Å². The Labute approximate surface area is 96.1 Å². The normalized spacial score (nSPS) is 10.6. The van der Waals surface area contributed by atoms with Crippen LogP contribution in [0.3, 0.4) is 0 Å². The number of aryl methyl sites for hydroxylation is 1. The Balaban J connectivity index is 2.22. The maximum absolute atomic E-state index is 8.79. The molecule has 3 heterocycles. The third-order valence-corrected chi connectivity index (χ3v) is 2.39. The Morgan fingerprint density at radius 1 is 1.35 bits per heavy atom. The van der Waals surface area contributed by atoms with Gasteiger partial charge < -0.3 is 4.52 Å². The number of hydrogen-bond donors (Lipinski definition) is 0. The zero-order valence-corrected chi connectivity index (χ0v) is 8.95. The lowest BCUT2D eigenvalue weighted by atomic mass is 10.3. The molecule has 3 aromatic rings. The predicted octanol–water partition coefficient (Wildman–Crippen LogP) is 1.56. The summed E-state index contributed by atoms with van der Waals surface area (Å²) in [5.41, 5.74) is 1.93. The van der Waals surface area contributed by atoms with Crippen LogP contribution in [0.1, 0.15) is 11.3 Å². The van der Waals surface area contributed by atoms with E-state index in [-0.39, 0.29) is 0 Å². The molecule has 6 heteroatoms. The van der Waals surface area contributed by atoms with Crippen molar-refractivity contribution in [3.8, 4) is 17.7 Å². The molecule has 3 rings (SSSR count). The first-order chi connectivity index (χ1) is 8.28. The predicted molar refractivity (Wildman–Crippen MR) is 57.9 cm³/mol. The summed E-state index contributed by atoms with van der Waals surface area (Å²) in [4.78, 5) is 0. The molecule has 0 aliphatic carbocycles. The van der Waals surface area contributed by atoms with E-state index in [0.29, 0.717) is 22.8 Å². The van der Waals surface area contributed by atoms with Crippen molar-refractivity contribution >= 4 is 5.65 Å². The number of pyridine rings is 1. The number of hydrogen-bond acceptors (Lipinski definition) is 5. The van der Waals surface area contributed by atoms with Gasteiger partial charge in [-0.3, -0.25) is 4.40 Å². The van der Waals surface area contributed by atoms with Crippen molar-refractivity contribution < 1.29 is 4.52 Å². The van der Waals surface area contributed by atoms with Gasteiger partial charge >= 0.3 is 0 Å². The fourth-order valence-corrected chi connectivity index (χ4v) is 1.60. The smallest absolute Gasteiger partial charge is 0.207 e. The molecule has 3 aromatic heterocycles. The number of rotatable bonds is 1. The minimum Gasteiger partial charge on any atom is -0.353 e. The summed E-state index contributed by atoms with van der Waals surface area (Å²) >= 11 is 0. The molecule has 0 fully saturated rings. The lowest BCUT2D eigenvalue weighted by molar-refractivity contribution is 0.424. The van der Waals surface area contributed by atoms with Crippen LogP contribution in [0.4, 0.5) is 0 Å². The third-order valence-electron chi connectivity index (χ3n) is 2.39. The Bertz CT molecular complexity index is 734. The third kappa shape index (κ3) is 1.45. The molecule has 0 bridgehead atoms. The van der Waals surface area contributed by atoms with Crippen molar-refractivity contribution in [2.75, 3.05) is 0 Å². The van der Waals surface area contributed by atoms with E-state index in [0.717, 1.165) is 5.69 Å². The first-order valence-electron chi connectivity index (χ1n) is 4.96. The van der Waals surface area contributed by atoms with E-state index in [1.165, 1.54) is 0 Å². The van der Waals surface area contributed by atoms with Crippen LogP contribution < -0.4 is 0 Å². The Morgan fingerprint density at radius 3 is 2.94 bits per heavy atom. The summed E-state index contributed by atoms with van der Waals surface area (Å²) < 4.78 is 6.89. The zero-order chi connectivity index (χ0) is 11.8. The quantitative estimate of drug-likeness (QED) is 0.627. The average Bonchev–Trinajstić information content (AvgIpc) is 2.93. The molecular formula is C11H7N5O. The maximum Gasteiger partial charge on any atom is 0.207 e. The lowest BCUT2D eigenvalue weighted by Crippen LogP contribution is -1.88. The summed E-state index contributed by atoms with van der Waals surface area (Å²) in [7, 11) is 0. The largest absolute Gasteiger partial charge is 0.353 e. The van der Waals surface area contributed by atoms with Gasteiger partial charge in [0.25, 0.3) is 0 Å². The number of nitrogens with zero attached hydrogens (tertiary/aromatic N) is 5. The highest BCUT2D eigenvalue weighted by molar-refractivity contribution is 5.55. The second-order valence-electron chi connectivity index (χ2n) is 3.61. The maximum atomic E-state index is 8.79. The monoisotopic (exact) mass is 225 g/mol.